The van der Waals surface area contributed by atoms with Gasteiger partial charge in [-0.25, -0.2) is 22.9 Å². The van der Waals surface area contributed by atoms with E-state index in [9.17, 15) is 18.0 Å². The Bertz CT molecular complexity index is 917. The van der Waals surface area contributed by atoms with Crippen molar-refractivity contribution in [3.8, 4) is 0 Å². The predicted molar refractivity (Wildman–Crippen MR) is 104 cm³/mol. The summed E-state index contributed by atoms with van der Waals surface area (Å²) in [7, 11) is 0. The Kier molecular flexibility index (Phi) is 5.88. The van der Waals surface area contributed by atoms with Gasteiger partial charge in [-0.05, 0) is 18.2 Å². The second-order valence-corrected chi connectivity index (χ2v) is 6.94. The summed E-state index contributed by atoms with van der Waals surface area (Å²) in [5, 5.41) is 2.30. The number of urea groups is 1. The number of hydrogen-bond acceptors (Lipinski definition) is 6. The normalized spacial score (nSPS) is 17.2. The highest BCUT2D eigenvalue weighted by Crippen LogP contribution is 2.21. The van der Waals surface area contributed by atoms with Gasteiger partial charge in [-0.2, -0.15) is 4.98 Å². The van der Waals surface area contributed by atoms with Crippen molar-refractivity contribution < 1.29 is 22.7 Å². The lowest BCUT2D eigenvalue weighted by molar-refractivity contribution is 0.122. The van der Waals surface area contributed by atoms with E-state index in [4.69, 9.17) is 4.74 Å². The third-order valence-electron chi connectivity index (χ3n) is 5.09. The summed E-state index contributed by atoms with van der Waals surface area (Å²) >= 11 is 0. The van der Waals surface area contributed by atoms with Gasteiger partial charge < -0.3 is 24.8 Å². The summed E-state index contributed by atoms with van der Waals surface area (Å²) in [5.74, 6) is -2.93. The summed E-state index contributed by atoms with van der Waals surface area (Å²) in [6, 6.07) is 3.01. The van der Waals surface area contributed by atoms with Gasteiger partial charge in [0.25, 0.3) is 0 Å². The van der Waals surface area contributed by atoms with Crippen LogP contribution in [0, 0.1) is 17.5 Å². The number of benzene rings is 1. The first kappa shape index (κ1) is 20.2. The molecule has 1 N–H and O–H groups in total. The van der Waals surface area contributed by atoms with E-state index in [1.807, 2.05) is 11.0 Å². The first-order chi connectivity index (χ1) is 14.5. The maximum absolute atomic E-state index is 13.8. The number of nitrogens with zero attached hydrogens (tertiary/aromatic N) is 5. The molecule has 0 saturated carbocycles. The number of aromatic nitrogens is 2. The average molecular weight is 422 g/mol. The van der Waals surface area contributed by atoms with Crippen molar-refractivity contribution in [2.45, 2.75) is 0 Å². The van der Waals surface area contributed by atoms with Crippen LogP contribution in [-0.2, 0) is 4.74 Å². The Morgan fingerprint density at radius 3 is 2.40 bits per heavy atom. The van der Waals surface area contributed by atoms with Gasteiger partial charge in [0, 0.05) is 45.5 Å². The van der Waals surface area contributed by atoms with Gasteiger partial charge in [-0.1, -0.05) is 0 Å². The monoisotopic (exact) mass is 422 g/mol. The van der Waals surface area contributed by atoms with Gasteiger partial charge in [0.2, 0.25) is 5.95 Å². The van der Waals surface area contributed by atoms with E-state index in [1.54, 1.807) is 6.20 Å². The first-order valence-electron chi connectivity index (χ1n) is 9.63. The molecular formula is C19H21F3N6O2. The Hall–Kier alpha value is -3.08. The smallest absolute Gasteiger partial charge is 0.322 e. The van der Waals surface area contributed by atoms with Crippen LogP contribution >= 0.6 is 0 Å². The number of hydrogen-bond donors (Lipinski definition) is 1. The Morgan fingerprint density at radius 2 is 1.67 bits per heavy atom. The molecule has 8 nitrogen and oxygen atoms in total. The van der Waals surface area contributed by atoms with Gasteiger partial charge in [0.05, 0.1) is 18.9 Å². The zero-order chi connectivity index (χ0) is 21.1. The highest BCUT2D eigenvalue weighted by Gasteiger charge is 2.24. The number of halogens is 3. The standard InChI is InChI=1S/C19H21F3N6O2/c20-13-1-2-14(17(22)16(13)21)24-19(29)28-7-5-26(6-8-28)15-3-4-23-18(25-15)27-9-11-30-12-10-27/h1-4H,5-12H2,(H,24,29). The third-order valence-corrected chi connectivity index (χ3v) is 5.09. The second-order valence-electron chi connectivity index (χ2n) is 6.94. The van der Waals surface area contributed by atoms with Crippen LogP contribution in [0.3, 0.4) is 0 Å². The van der Waals surface area contributed by atoms with Crippen molar-refractivity contribution in [2.75, 3.05) is 67.6 Å². The summed E-state index contributed by atoms with van der Waals surface area (Å²) in [4.78, 5) is 26.9. The molecule has 4 rings (SSSR count). The first-order valence-corrected chi connectivity index (χ1v) is 9.63. The molecule has 2 aliphatic heterocycles. The molecule has 30 heavy (non-hydrogen) atoms. The van der Waals surface area contributed by atoms with E-state index in [-0.39, 0.29) is 0 Å². The molecule has 2 fully saturated rings. The second kappa shape index (κ2) is 8.74. The molecule has 2 amide bonds. The molecule has 0 spiro atoms. The van der Waals surface area contributed by atoms with Crippen LogP contribution in [-0.4, -0.2) is 73.4 Å². The molecule has 1 aromatic carbocycles. The molecule has 2 saturated heterocycles. The summed E-state index contributed by atoms with van der Waals surface area (Å²) in [6.45, 7) is 4.53. The molecule has 2 aliphatic rings. The van der Waals surface area contributed by atoms with E-state index < -0.39 is 29.2 Å². The number of carbonyl (C=O) groups is 1. The molecule has 1 aromatic heterocycles. The molecule has 2 aromatic rings. The van der Waals surface area contributed by atoms with E-state index >= 15 is 0 Å². The SMILES string of the molecule is O=C(Nc1ccc(F)c(F)c1F)N1CCN(c2ccnc(N3CCOCC3)n2)CC1. The molecule has 0 bridgehead atoms. The number of piperazine rings is 1. The van der Waals surface area contributed by atoms with E-state index in [1.165, 1.54) is 4.90 Å². The molecule has 11 heteroatoms. The highest BCUT2D eigenvalue weighted by atomic mass is 19.2. The van der Waals surface area contributed by atoms with Crippen LogP contribution in [0.15, 0.2) is 24.4 Å². The van der Waals surface area contributed by atoms with Gasteiger partial charge in [0.15, 0.2) is 17.5 Å². The van der Waals surface area contributed by atoms with Gasteiger partial charge in [0.1, 0.15) is 5.82 Å². The number of anilines is 3. The number of amides is 2. The van der Waals surface area contributed by atoms with Crippen molar-refractivity contribution in [1.82, 2.24) is 14.9 Å². The fourth-order valence-corrected chi connectivity index (χ4v) is 3.39. The molecule has 160 valence electrons. The van der Waals surface area contributed by atoms with Gasteiger partial charge in [-0.3, -0.25) is 0 Å². The molecule has 0 unspecified atom stereocenters. The topological polar surface area (TPSA) is 73.8 Å². The van der Waals surface area contributed by atoms with Crippen molar-refractivity contribution in [3.05, 3.63) is 41.8 Å². The minimum Gasteiger partial charge on any atom is -0.378 e. The van der Waals surface area contributed by atoms with Crippen LogP contribution < -0.4 is 15.1 Å². The lowest BCUT2D eigenvalue weighted by atomic mass is 10.2. The molecule has 0 aliphatic carbocycles. The zero-order valence-electron chi connectivity index (χ0n) is 16.2. The molecular weight excluding hydrogens is 401 g/mol. The fourth-order valence-electron chi connectivity index (χ4n) is 3.39. The van der Waals surface area contributed by atoms with Crippen LogP contribution in [0.4, 0.5) is 35.4 Å². The minimum absolute atomic E-state index is 0.369. The number of morpholine rings is 1. The number of rotatable bonds is 3. The highest BCUT2D eigenvalue weighted by molar-refractivity contribution is 5.89. The van der Waals surface area contributed by atoms with Gasteiger partial charge in [-0.15, -0.1) is 0 Å². The molecule has 0 radical (unpaired) electrons. The third kappa shape index (κ3) is 4.25. The number of carbonyl (C=O) groups excluding carboxylic acids is 1. The quantitative estimate of drug-likeness (QED) is 0.764. The fraction of sp³-hybridized carbons (Fsp3) is 0.421. The summed E-state index contributed by atoms with van der Waals surface area (Å²) < 4.78 is 45.5. The maximum atomic E-state index is 13.8. The summed E-state index contributed by atoms with van der Waals surface area (Å²) in [5.41, 5.74) is -0.396. The zero-order valence-corrected chi connectivity index (χ0v) is 16.2. The van der Waals surface area contributed by atoms with Crippen LogP contribution in [0.2, 0.25) is 0 Å². The maximum Gasteiger partial charge on any atom is 0.322 e. The van der Waals surface area contributed by atoms with E-state index in [0.717, 1.165) is 31.0 Å². The Balaban J connectivity index is 1.36. The molecule has 3 heterocycles. The van der Waals surface area contributed by atoms with Crippen LogP contribution in [0.25, 0.3) is 0 Å². The van der Waals surface area contributed by atoms with Gasteiger partial charge >= 0.3 is 6.03 Å². The van der Waals surface area contributed by atoms with E-state index in [0.29, 0.717) is 45.3 Å². The Labute approximate surface area is 171 Å². The van der Waals surface area contributed by atoms with E-state index in [2.05, 4.69) is 20.2 Å². The van der Waals surface area contributed by atoms with Crippen LogP contribution in [0.5, 0.6) is 0 Å². The van der Waals surface area contributed by atoms with Crippen molar-refractivity contribution >= 4 is 23.5 Å². The summed E-state index contributed by atoms with van der Waals surface area (Å²) in [6.07, 6.45) is 1.71. The predicted octanol–water partition coefficient (Wildman–Crippen LogP) is 2.08. The number of ether oxygens (including phenoxy) is 1. The largest absolute Gasteiger partial charge is 0.378 e. The Morgan fingerprint density at radius 1 is 0.933 bits per heavy atom. The lowest BCUT2D eigenvalue weighted by Crippen LogP contribution is -2.50. The number of nitrogens with one attached hydrogen (secondary N) is 1. The lowest BCUT2D eigenvalue weighted by Gasteiger charge is -2.35. The minimum atomic E-state index is -1.61. The van der Waals surface area contributed by atoms with Crippen LogP contribution in [0.1, 0.15) is 0 Å². The average Bonchev–Trinajstić information content (AvgIpc) is 2.80. The van der Waals surface area contributed by atoms with Crippen molar-refractivity contribution in [3.63, 3.8) is 0 Å². The molecule has 0 atom stereocenters. The van der Waals surface area contributed by atoms with Crippen molar-refractivity contribution in [1.29, 1.82) is 0 Å². The van der Waals surface area contributed by atoms with Crippen molar-refractivity contribution in [2.24, 2.45) is 0 Å².